The number of H-pyrrole nitrogens is 1. The molecule has 5 nitrogen and oxygen atoms in total. The molecule has 1 saturated carbocycles. The number of carbonyl (C=O) groups is 1. The third-order valence-electron chi connectivity index (χ3n) is 3.12. The number of rotatable bonds is 3. The molecule has 16 heavy (non-hydrogen) atoms. The van der Waals surface area contributed by atoms with Crippen LogP contribution in [0.3, 0.4) is 0 Å². The summed E-state index contributed by atoms with van der Waals surface area (Å²) < 4.78 is 0. The fourth-order valence-electron chi connectivity index (χ4n) is 2.00. The molecule has 1 amide bonds. The summed E-state index contributed by atoms with van der Waals surface area (Å²) >= 11 is 3.41. The van der Waals surface area contributed by atoms with Gasteiger partial charge in [-0.05, 0) is 18.8 Å². The van der Waals surface area contributed by atoms with Crippen LogP contribution in [-0.4, -0.2) is 33.0 Å². The van der Waals surface area contributed by atoms with Crippen molar-refractivity contribution in [1.29, 1.82) is 0 Å². The van der Waals surface area contributed by atoms with Gasteiger partial charge in [0.1, 0.15) is 5.82 Å². The average molecular weight is 285 g/mol. The summed E-state index contributed by atoms with van der Waals surface area (Å²) in [6, 6.07) is 0. The number of nitrogens with zero attached hydrogens (tertiary/aromatic N) is 3. The maximum atomic E-state index is 11.7. The number of hydrogen-bond donors (Lipinski definition) is 1. The van der Waals surface area contributed by atoms with Crippen LogP contribution >= 0.6 is 15.9 Å². The summed E-state index contributed by atoms with van der Waals surface area (Å²) in [4.78, 5) is 17.8. The topological polar surface area (TPSA) is 61.9 Å². The number of amides is 1. The second-order valence-corrected chi connectivity index (χ2v) is 5.17. The quantitative estimate of drug-likeness (QED) is 0.855. The van der Waals surface area contributed by atoms with E-state index in [4.69, 9.17) is 0 Å². The van der Waals surface area contributed by atoms with Gasteiger partial charge in [-0.25, -0.2) is 0 Å². The van der Waals surface area contributed by atoms with E-state index in [1.54, 1.807) is 4.90 Å². The highest BCUT2D eigenvalue weighted by Gasteiger charge is 2.34. The van der Waals surface area contributed by atoms with Crippen molar-refractivity contribution in [1.82, 2.24) is 15.2 Å². The van der Waals surface area contributed by atoms with Crippen molar-refractivity contribution in [3.05, 3.63) is 5.82 Å². The van der Waals surface area contributed by atoms with Crippen LogP contribution < -0.4 is 4.90 Å². The minimum Gasteiger partial charge on any atom is -0.279 e. The maximum absolute atomic E-state index is 11.7. The third-order valence-corrected chi connectivity index (χ3v) is 4.04. The van der Waals surface area contributed by atoms with Gasteiger partial charge >= 0.3 is 0 Å². The van der Waals surface area contributed by atoms with Gasteiger partial charge in [0.05, 0.1) is 0 Å². The van der Waals surface area contributed by atoms with Gasteiger partial charge in [0.2, 0.25) is 5.91 Å². The number of alkyl halides is 1. The van der Waals surface area contributed by atoms with Gasteiger partial charge in [0.15, 0.2) is 0 Å². The highest BCUT2D eigenvalue weighted by atomic mass is 79.9. The number of halogens is 1. The molecule has 0 spiro atoms. The lowest BCUT2D eigenvalue weighted by atomic mass is 10.2. The Morgan fingerprint density at radius 3 is 2.94 bits per heavy atom. The fourth-order valence-corrected chi connectivity index (χ4v) is 2.44. The minimum absolute atomic E-state index is 0.130. The van der Waals surface area contributed by atoms with Crippen molar-refractivity contribution in [3.63, 3.8) is 0 Å². The number of carbonyl (C=O) groups excluding carboxylic acids is 1. The van der Waals surface area contributed by atoms with Gasteiger partial charge in [-0.15, -0.1) is 5.10 Å². The normalized spacial score (nSPS) is 25.4. The summed E-state index contributed by atoms with van der Waals surface area (Å²) in [6.45, 7) is 0.728. The number of anilines is 1. The Kier molecular flexibility index (Phi) is 2.46. The molecule has 6 heteroatoms. The zero-order valence-corrected chi connectivity index (χ0v) is 10.4. The molecule has 1 unspecified atom stereocenters. The molecule has 1 aromatic rings. The molecular formula is C10H13BrN4O. The van der Waals surface area contributed by atoms with E-state index in [0.29, 0.717) is 24.2 Å². The largest absolute Gasteiger partial charge is 0.279 e. The van der Waals surface area contributed by atoms with Crippen LogP contribution in [0.25, 0.3) is 0 Å². The van der Waals surface area contributed by atoms with E-state index in [2.05, 4.69) is 31.1 Å². The fraction of sp³-hybridized carbons (Fsp3) is 0.700. The molecule has 0 radical (unpaired) electrons. The van der Waals surface area contributed by atoms with E-state index in [0.717, 1.165) is 17.7 Å². The molecule has 86 valence electrons. The second-order valence-electron chi connectivity index (χ2n) is 4.52. The molecule has 2 aliphatic rings. The molecule has 3 rings (SSSR count). The lowest BCUT2D eigenvalue weighted by Crippen LogP contribution is -2.25. The van der Waals surface area contributed by atoms with Crippen LogP contribution in [0.1, 0.15) is 31.0 Å². The first-order chi connectivity index (χ1) is 7.78. The van der Waals surface area contributed by atoms with Crippen molar-refractivity contribution in [3.8, 4) is 0 Å². The first kappa shape index (κ1) is 10.3. The molecular weight excluding hydrogens is 272 g/mol. The summed E-state index contributed by atoms with van der Waals surface area (Å²) in [5, 5.41) is 7.92. The van der Waals surface area contributed by atoms with Crippen molar-refractivity contribution >= 4 is 27.8 Å². The van der Waals surface area contributed by atoms with E-state index < -0.39 is 0 Å². The van der Waals surface area contributed by atoms with Crippen LogP contribution in [0.4, 0.5) is 5.95 Å². The Morgan fingerprint density at radius 1 is 1.50 bits per heavy atom. The molecule has 1 atom stereocenters. The van der Waals surface area contributed by atoms with E-state index in [1.165, 1.54) is 12.8 Å². The Labute approximate surface area is 102 Å². The van der Waals surface area contributed by atoms with Gasteiger partial charge in [-0.2, -0.15) is 4.98 Å². The molecule has 1 aliphatic heterocycles. The zero-order valence-electron chi connectivity index (χ0n) is 8.82. The highest BCUT2D eigenvalue weighted by molar-refractivity contribution is 9.09. The monoisotopic (exact) mass is 284 g/mol. The summed E-state index contributed by atoms with van der Waals surface area (Å²) in [6.07, 6.45) is 2.97. The van der Waals surface area contributed by atoms with Crippen LogP contribution in [0.5, 0.6) is 0 Å². The van der Waals surface area contributed by atoms with Crippen LogP contribution in [-0.2, 0) is 4.79 Å². The Morgan fingerprint density at radius 2 is 2.31 bits per heavy atom. The Hall–Kier alpha value is -0.910. The molecule has 1 N–H and O–H groups in total. The van der Waals surface area contributed by atoms with Crippen molar-refractivity contribution in [2.75, 3.05) is 16.8 Å². The van der Waals surface area contributed by atoms with E-state index in [1.807, 2.05) is 0 Å². The molecule has 1 aromatic heterocycles. The van der Waals surface area contributed by atoms with Crippen molar-refractivity contribution in [2.45, 2.75) is 25.2 Å². The lowest BCUT2D eigenvalue weighted by Gasteiger charge is -2.10. The summed E-state index contributed by atoms with van der Waals surface area (Å²) in [5.74, 6) is 2.55. The molecule has 2 fully saturated rings. The maximum Gasteiger partial charge on any atom is 0.251 e. The lowest BCUT2D eigenvalue weighted by molar-refractivity contribution is -0.117. The Bertz CT molecular complexity index is 415. The molecule has 2 heterocycles. The first-order valence-electron chi connectivity index (χ1n) is 5.56. The standard InChI is InChI=1S/C10H13BrN4O/c11-4-6-3-8(16)15(5-6)10-12-9(13-14-10)7-1-2-7/h6-7H,1-5H2,(H,12,13,14). The SMILES string of the molecule is O=C1CC(CBr)CN1c1n[nH]c(C2CC2)n1. The van der Waals surface area contributed by atoms with Crippen LogP contribution in [0.15, 0.2) is 0 Å². The predicted molar refractivity (Wildman–Crippen MR) is 62.6 cm³/mol. The van der Waals surface area contributed by atoms with Crippen LogP contribution in [0.2, 0.25) is 0 Å². The van der Waals surface area contributed by atoms with Crippen LogP contribution in [0, 0.1) is 5.92 Å². The van der Waals surface area contributed by atoms with Gasteiger partial charge < -0.3 is 0 Å². The third kappa shape index (κ3) is 1.75. The van der Waals surface area contributed by atoms with E-state index >= 15 is 0 Å². The number of aromatic nitrogens is 3. The average Bonchev–Trinajstić information content (AvgIpc) is 2.89. The molecule has 1 saturated heterocycles. The van der Waals surface area contributed by atoms with E-state index in [-0.39, 0.29) is 5.91 Å². The predicted octanol–water partition coefficient (Wildman–Crippen LogP) is 1.43. The van der Waals surface area contributed by atoms with E-state index in [9.17, 15) is 4.79 Å². The van der Waals surface area contributed by atoms with Gasteiger partial charge in [0, 0.05) is 24.2 Å². The molecule has 0 bridgehead atoms. The number of hydrogen-bond acceptors (Lipinski definition) is 3. The zero-order chi connectivity index (χ0) is 11.1. The molecule has 0 aromatic carbocycles. The summed E-state index contributed by atoms with van der Waals surface area (Å²) in [5.41, 5.74) is 0. The van der Waals surface area contributed by atoms with Crippen molar-refractivity contribution in [2.24, 2.45) is 5.92 Å². The first-order valence-corrected chi connectivity index (χ1v) is 6.68. The minimum atomic E-state index is 0.130. The number of aromatic amines is 1. The van der Waals surface area contributed by atoms with Gasteiger partial charge in [0.25, 0.3) is 5.95 Å². The second kappa shape index (κ2) is 3.84. The number of nitrogens with one attached hydrogen (secondary N) is 1. The summed E-state index contributed by atoms with van der Waals surface area (Å²) in [7, 11) is 0. The van der Waals surface area contributed by atoms with Crippen molar-refractivity contribution < 1.29 is 4.79 Å². The van der Waals surface area contributed by atoms with Gasteiger partial charge in [-0.1, -0.05) is 15.9 Å². The smallest absolute Gasteiger partial charge is 0.251 e. The Balaban J connectivity index is 1.78. The van der Waals surface area contributed by atoms with Gasteiger partial charge in [-0.3, -0.25) is 14.8 Å². The highest BCUT2D eigenvalue weighted by Crippen LogP contribution is 2.38. The molecule has 1 aliphatic carbocycles.